The highest BCUT2D eigenvalue weighted by molar-refractivity contribution is 5.77. The van der Waals surface area contributed by atoms with Gasteiger partial charge < -0.3 is 15.0 Å². The lowest BCUT2D eigenvalue weighted by Crippen LogP contribution is -2.37. The Bertz CT molecular complexity index is 511. The molecule has 23 heavy (non-hydrogen) atoms. The van der Waals surface area contributed by atoms with Crippen molar-refractivity contribution in [3.05, 3.63) is 35.4 Å². The van der Waals surface area contributed by atoms with E-state index >= 15 is 0 Å². The predicted octanol–water partition coefficient (Wildman–Crippen LogP) is 2.64. The summed E-state index contributed by atoms with van der Waals surface area (Å²) in [4.78, 5) is 13.6. The molecule has 1 atom stereocenters. The van der Waals surface area contributed by atoms with Crippen molar-refractivity contribution >= 4 is 5.91 Å². The van der Waals surface area contributed by atoms with Crippen LogP contribution in [-0.2, 0) is 9.53 Å². The SMILES string of the molecule is CN(C)[C@@H](CNC(=O)COC1CCCC1)c1c(F)cccc1F. The monoisotopic (exact) mass is 326 g/mol. The van der Waals surface area contributed by atoms with Crippen molar-refractivity contribution in [1.29, 1.82) is 0 Å². The maximum Gasteiger partial charge on any atom is 0.246 e. The minimum atomic E-state index is -0.611. The zero-order valence-corrected chi connectivity index (χ0v) is 13.6. The summed E-state index contributed by atoms with van der Waals surface area (Å²) >= 11 is 0. The number of ether oxygens (including phenoxy) is 1. The Labute approximate surface area is 135 Å². The number of halogens is 2. The molecule has 1 fully saturated rings. The number of benzene rings is 1. The third-order valence-corrected chi connectivity index (χ3v) is 4.20. The van der Waals surface area contributed by atoms with Crippen molar-refractivity contribution in [2.45, 2.75) is 37.8 Å². The number of nitrogens with zero attached hydrogens (tertiary/aromatic N) is 1. The zero-order valence-electron chi connectivity index (χ0n) is 13.6. The molecule has 1 saturated carbocycles. The van der Waals surface area contributed by atoms with E-state index in [1.807, 2.05) is 0 Å². The first-order valence-corrected chi connectivity index (χ1v) is 7.97. The number of amides is 1. The first-order valence-electron chi connectivity index (χ1n) is 7.97. The number of hydrogen-bond donors (Lipinski definition) is 1. The maximum atomic E-state index is 13.9. The standard InChI is InChI=1S/C17H24F2N2O2/c1-21(2)15(17-13(18)8-5-9-14(17)19)10-20-16(22)11-23-12-6-3-4-7-12/h5,8-9,12,15H,3-4,6-7,10-11H2,1-2H3,(H,20,22)/t15-/m0/s1. The van der Waals surface area contributed by atoms with Crippen LogP contribution in [0.5, 0.6) is 0 Å². The summed E-state index contributed by atoms with van der Waals surface area (Å²) in [5.41, 5.74) is -0.0329. The van der Waals surface area contributed by atoms with Crippen molar-refractivity contribution in [2.24, 2.45) is 0 Å². The lowest BCUT2D eigenvalue weighted by Gasteiger charge is -2.26. The molecule has 0 unspecified atom stereocenters. The second-order valence-corrected chi connectivity index (χ2v) is 6.14. The maximum absolute atomic E-state index is 13.9. The van der Waals surface area contributed by atoms with E-state index in [1.165, 1.54) is 18.2 Å². The van der Waals surface area contributed by atoms with Gasteiger partial charge in [0.15, 0.2) is 0 Å². The molecular weight excluding hydrogens is 302 g/mol. The Morgan fingerprint density at radius 2 is 1.91 bits per heavy atom. The first kappa shape index (κ1) is 17.8. The summed E-state index contributed by atoms with van der Waals surface area (Å²) in [5.74, 6) is -1.49. The summed E-state index contributed by atoms with van der Waals surface area (Å²) in [6, 6.07) is 3.20. The van der Waals surface area contributed by atoms with Gasteiger partial charge in [0.05, 0.1) is 12.1 Å². The van der Waals surface area contributed by atoms with Crippen LogP contribution >= 0.6 is 0 Å². The van der Waals surface area contributed by atoms with E-state index in [4.69, 9.17) is 4.74 Å². The molecule has 0 radical (unpaired) electrons. The van der Waals surface area contributed by atoms with Gasteiger partial charge >= 0.3 is 0 Å². The Morgan fingerprint density at radius 3 is 2.48 bits per heavy atom. The van der Waals surface area contributed by atoms with Crippen LogP contribution in [0.25, 0.3) is 0 Å². The average Bonchev–Trinajstić information content (AvgIpc) is 3.01. The van der Waals surface area contributed by atoms with Crippen LogP contribution in [0.3, 0.4) is 0 Å². The van der Waals surface area contributed by atoms with Crippen LogP contribution in [0.15, 0.2) is 18.2 Å². The number of nitrogens with one attached hydrogen (secondary N) is 1. The van der Waals surface area contributed by atoms with E-state index in [0.717, 1.165) is 25.7 Å². The minimum Gasteiger partial charge on any atom is -0.368 e. The molecule has 1 N–H and O–H groups in total. The fraction of sp³-hybridized carbons (Fsp3) is 0.588. The van der Waals surface area contributed by atoms with Gasteiger partial charge in [0.2, 0.25) is 5.91 Å². The van der Waals surface area contributed by atoms with E-state index in [2.05, 4.69) is 5.32 Å². The van der Waals surface area contributed by atoms with Gasteiger partial charge in [0, 0.05) is 12.1 Å². The second-order valence-electron chi connectivity index (χ2n) is 6.14. The van der Waals surface area contributed by atoms with Crippen LogP contribution in [0.2, 0.25) is 0 Å². The third kappa shape index (κ3) is 4.97. The molecule has 1 aromatic rings. The van der Waals surface area contributed by atoms with Crippen LogP contribution in [0.1, 0.15) is 37.3 Å². The number of carbonyl (C=O) groups is 1. The smallest absolute Gasteiger partial charge is 0.246 e. The van der Waals surface area contributed by atoms with Gasteiger partial charge in [0.1, 0.15) is 18.2 Å². The summed E-state index contributed by atoms with van der Waals surface area (Å²) < 4.78 is 33.4. The highest BCUT2D eigenvalue weighted by Crippen LogP contribution is 2.24. The summed E-state index contributed by atoms with van der Waals surface area (Å²) in [7, 11) is 3.44. The number of hydrogen-bond acceptors (Lipinski definition) is 3. The Balaban J connectivity index is 1.90. The molecule has 0 saturated heterocycles. The molecule has 0 aromatic heterocycles. The van der Waals surface area contributed by atoms with E-state index in [0.29, 0.717) is 0 Å². The normalized spacial score (nSPS) is 16.7. The lowest BCUT2D eigenvalue weighted by atomic mass is 10.0. The van der Waals surface area contributed by atoms with E-state index in [9.17, 15) is 13.6 Å². The summed E-state index contributed by atoms with van der Waals surface area (Å²) in [6.45, 7) is 0.113. The van der Waals surface area contributed by atoms with Gasteiger partial charge in [0.25, 0.3) is 0 Å². The van der Waals surface area contributed by atoms with Crippen LogP contribution in [-0.4, -0.2) is 44.2 Å². The predicted molar refractivity (Wildman–Crippen MR) is 84.0 cm³/mol. The lowest BCUT2D eigenvalue weighted by molar-refractivity contribution is -0.127. The average molecular weight is 326 g/mol. The van der Waals surface area contributed by atoms with Crippen molar-refractivity contribution in [1.82, 2.24) is 10.2 Å². The molecule has 2 rings (SSSR count). The van der Waals surface area contributed by atoms with Crippen molar-refractivity contribution < 1.29 is 18.3 Å². The van der Waals surface area contributed by atoms with E-state index in [-0.39, 0.29) is 30.7 Å². The second kappa shape index (κ2) is 8.36. The first-order chi connectivity index (χ1) is 11.0. The molecule has 6 heteroatoms. The molecule has 4 nitrogen and oxygen atoms in total. The quantitative estimate of drug-likeness (QED) is 0.837. The molecule has 1 aliphatic rings. The van der Waals surface area contributed by atoms with Gasteiger partial charge in [-0.1, -0.05) is 18.9 Å². The van der Waals surface area contributed by atoms with Crippen molar-refractivity contribution in [3.63, 3.8) is 0 Å². The molecule has 1 aromatic carbocycles. The summed E-state index contributed by atoms with van der Waals surface area (Å²) in [6.07, 6.45) is 4.43. The number of likely N-dealkylation sites (N-methyl/N-ethyl adjacent to an activating group) is 1. The van der Waals surface area contributed by atoms with Crippen LogP contribution < -0.4 is 5.32 Å². The van der Waals surface area contributed by atoms with Crippen LogP contribution in [0, 0.1) is 11.6 Å². The Hall–Kier alpha value is -1.53. The molecule has 128 valence electrons. The third-order valence-electron chi connectivity index (χ3n) is 4.20. The van der Waals surface area contributed by atoms with Gasteiger partial charge in [-0.15, -0.1) is 0 Å². The fourth-order valence-electron chi connectivity index (χ4n) is 2.88. The van der Waals surface area contributed by atoms with Gasteiger partial charge in [-0.3, -0.25) is 4.79 Å². The van der Waals surface area contributed by atoms with Crippen molar-refractivity contribution in [2.75, 3.05) is 27.2 Å². The van der Waals surface area contributed by atoms with E-state index in [1.54, 1.807) is 19.0 Å². The topological polar surface area (TPSA) is 41.6 Å². The summed E-state index contributed by atoms with van der Waals surface area (Å²) in [5, 5.41) is 2.70. The molecule has 0 aliphatic heterocycles. The van der Waals surface area contributed by atoms with E-state index < -0.39 is 17.7 Å². The minimum absolute atomic E-state index is 0.00936. The van der Waals surface area contributed by atoms with Gasteiger partial charge in [-0.25, -0.2) is 8.78 Å². The molecule has 1 aliphatic carbocycles. The highest BCUT2D eigenvalue weighted by atomic mass is 19.1. The molecular formula is C17H24F2N2O2. The molecule has 0 bridgehead atoms. The Morgan fingerprint density at radius 1 is 1.30 bits per heavy atom. The van der Waals surface area contributed by atoms with Crippen molar-refractivity contribution in [3.8, 4) is 0 Å². The molecule has 0 spiro atoms. The highest BCUT2D eigenvalue weighted by Gasteiger charge is 2.23. The molecule has 0 heterocycles. The molecule has 1 amide bonds. The number of rotatable bonds is 7. The largest absolute Gasteiger partial charge is 0.368 e. The Kier molecular flexibility index (Phi) is 6.47. The van der Waals surface area contributed by atoms with Gasteiger partial charge in [-0.2, -0.15) is 0 Å². The van der Waals surface area contributed by atoms with Crippen LogP contribution in [0.4, 0.5) is 8.78 Å². The fourth-order valence-corrected chi connectivity index (χ4v) is 2.88. The van der Waals surface area contributed by atoms with Gasteiger partial charge in [-0.05, 0) is 39.1 Å². The zero-order chi connectivity index (χ0) is 16.8. The number of carbonyl (C=O) groups excluding carboxylic acids is 1.